The highest BCUT2D eigenvalue weighted by molar-refractivity contribution is 14.1. The van der Waals surface area contributed by atoms with Crippen LogP contribution in [0.5, 0.6) is 5.75 Å². The van der Waals surface area contributed by atoms with Gasteiger partial charge in [-0.1, -0.05) is 12.1 Å². The summed E-state index contributed by atoms with van der Waals surface area (Å²) in [7, 11) is 0. The third-order valence-electron chi connectivity index (χ3n) is 3.99. The molecule has 1 aliphatic heterocycles. The normalized spacial score (nSPS) is 18.7. The van der Waals surface area contributed by atoms with E-state index in [1.807, 2.05) is 0 Å². The lowest BCUT2D eigenvalue weighted by molar-refractivity contribution is -0.146. The molecule has 1 heterocycles. The molecular weight excluding hydrogens is 466 g/mol. The largest absolute Gasteiger partial charge is 0.443 e. The lowest BCUT2D eigenvalue weighted by Crippen LogP contribution is -2.41. The summed E-state index contributed by atoms with van der Waals surface area (Å²) in [4.78, 5) is 23.6. The highest BCUT2D eigenvalue weighted by atomic mass is 127. The van der Waals surface area contributed by atoms with Gasteiger partial charge < -0.3 is 9.47 Å². The highest BCUT2D eigenvalue weighted by Gasteiger charge is 2.45. The van der Waals surface area contributed by atoms with Gasteiger partial charge in [0.25, 0.3) is 0 Å². The number of hydrogen-bond acceptors (Lipinski definition) is 5. The van der Waals surface area contributed by atoms with Crippen LogP contribution in [0, 0.1) is 9.39 Å². The Balaban J connectivity index is 2.07. The molecule has 3 rings (SSSR count). The van der Waals surface area contributed by atoms with E-state index in [1.54, 1.807) is 25.1 Å². The van der Waals surface area contributed by atoms with Gasteiger partial charge in [-0.2, -0.15) is 5.01 Å². The SMILES string of the molecule is CC(=O)Oc1ccc(I)cc1C1=NN(C(C)=O)[C@](C)(c2ccc(F)cc2)O1. The molecule has 27 heavy (non-hydrogen) atoms. The molecule has 1 aliphatic rings. The fraction of sp³-hybridized carbons (Fsp3) is 0.211. The molecule has 0 saturated heterocycles. The summed E-state index contributed by atoms with van der Waals surface area (Å²) >= 11 is 2.11. The molecule has 0 radical (unpaired) electrons. The zero-order valence-electron chi connectivity index (χ0n) is 14.8. The van der Waals surface area contributed by atoms with Crippen LogP contribution in [0.3, 0.4) is 0 Å². The van der Waals surface area contributed by atoms with E-state index in [0.717, 1.165) is 3.57 Å². The Bertz CT molecular complexity index is 945. The van der Waals surface area contributed by atoms with Gasteiger partial charge >= 0.3 is 5.97 Å². The second-order valence-electron chi connectivity index (χ2n) is 6.06. The molecule has 0 aliphatic carbocycles. The minimum Gasteiger partial charge on any atom is -0.443 e. The lowest BCUT2D eigenvalue weighted by Gasteiger charge is -2.31. The number of halogens is 2. The predicted octanol–water partition coefficient (Wildman–Crippen LogP) is 3.77. The average Bonchev–Trinajstić information content (AvgIpc) is 2.95. The first kappa shape index (κ1) is 19.3. The maximum absolute atomic E-state index is 13.3. The number of nitrogens with zero attached hydrogens (tertiary/aromatic N) is 2. The Hall–Kier alpha value is -2.49. The predicted molar refractivity (Wildman–Crippen MR) is 104 cm³/mol. The zero-order valence-corrected chi connectivity index (χ0v) is 17.0. The number of amides is 1. The molecule has 6 nitrogen and oxygen atoms in total. The smallest absolute Gasteiger partial charge is 0.308 e. The molecule has 0 bridgehead atoms. The van der Waals surface area contributed by atoms with Crippen LogP contribution in [-0.2, 0) is 20.1 Å². The molecule has 8 heteroatoms. The number of carbonyl (C=O) groups is 2. The number of rotatable bonds is 3. The van der Waals surface area contributed by atoms with Gasteiger partial charge in [-0.25, -0.2) is 4.39 Å². The minimum absolute atomic E-state index is 0.131. The van der Waals surface area contributed by atoms with Gasteiger partial charge in [0.1, 0.15) is 11.6 Å². The van der Waals surface area contributed by atoms with Crippen LogP contribution in [-0.4, -0.2) is 22.8 Å². The molecule has 0 fully saturated rings. The van der Waals surface area contributed by atoms with Crippen molar-refractivity contribution in [3.8, 4) is 5.75 Å². The van der Waals surface area contributed by atoms with Crippen molar-refractivity contribution in [2.24, 2.45) is 5.10 Å². The third-order valence-corrected chi connectivity index (χ3v) is 4.67. The fourth-order valence-corrected chi connectivity index (χ4v) is 3.26. The van der Waals surface area contributed by atoms with Gasteiger partial charge in [-0.3, -0.25) is 9.59 Å². The van der Waals surface area contributed by atoms with E-state index >= 15 is 0 Å². The third kappa shape index (κ3) is 3.80. The number of hydrazone groups is 1. The van der Waals surface area contributed by atoms with Crippen LogP contribution in [0.15, 0.2) is 47.6 Å². The molecule has 0 aromatic heterocycles. The quantitative estimate of drug-likeness (QED) is 0.380. The van der Waals surface area contributed by atoms with Gasteiger partial charge in [0.2, 0.25) is 17.5 Å². The van der Waals surface area contributed by atoms with Crippen molar-refractivity contribution in [3.05, 3.63) is 63.0 Å². The van der Waals surface area contributed by atoms with Crippen molar-refractivity contribution in [2.75, 3.05) is 0 Å². The van der Waals surface area contributed by atoms with Crippen molar-refractivity contribution >= 4 is 40.4 Å². The van der Waals surface area contributed by atoms with Crippen LogP contribution in [0.2, 0.25) is 0 Å². The van der Waals surface area contributed by atoms with E-state index in [2.05, 4.69) is 27.7 Å². The second-order valence-corrected chi connectivity index (χ2v) is 7.31. The lowest BCUT2D eigenvalue weighted by atomic mass is 10.0. The Morgan fingerprint density at radius 1 is 1.19 bits per heavy atom. The maximum Gasteiger partial charge on any atom is 0.308 e. The van der Waals surface area contributed by atoms with Crippen molar-refractivity contribution in [3.63, 3.8) is 0 Å². The van der Waals surface area contributed by atoms with Gasteiger partial charge in [0.15, 0.2) is 0 Å². The molecule has 0 saturated carbocycles. The monoisotopic (exact) mass is 482 g/mol. The van der Waals surface area contributed by atoms with Crippen LogP contribution in [0.25, 0.3) is 0 Å². The van der Waals surface area contributed by atoms with Gasteiger partial charge in [-0.05, 0) is 52.9 Å². The number of hydrogen-bond donors (Lipinski definition) is 0. The second kappa shape index (κ2) is 7.26. The highest BCUT2D eigenvalue weighted by Crippen LogP contribution is 2.38. The minimum atomic E-state index is -1.26. The molecule has 2 aromatic rings. The van der Waals surface area contributed by atoms with Crippen LogP contribution >= 0.6 is 22.6 Å². The van der Waals surface area contributed by atoms with Crippen molar-refractivity contribution < 1.29 is 23.5 Å². The van der Waals surface area contributed by atoms with Crippen LogP contribution in [0.1, 0.15) is 31.9 Å². The van der Waals surface area contributed by atoms with E-state index in [0.29, 0.717) is 11.1 Å². The topological polar surface area (TPSA) is 68.2 Å². The van der Waals surface area contributed by atoms with Crippen LogP contribution in [0.4, 0.5) is 4.39 Å². The van der Waals surface area contributed by atoms with Gasteiger partial charge in [0, 0.05) is 29.9 Å². The number of esters is 1. The standard InChI is InChI=1S/C19H16FIN2O4/c1-11(24)23-19(3,13-4-6-14(20)7-5-13)27-18(22-23)16-10-15(21)8-9-17(16)26-12(2)25/h4-10H,1-3H3/t19-/m0/s1. The Morgan fingerprint density at radius 2 is 1.85 bits per heavy atom. The summed E-state index contributed by atoms with van der Waals surface area (Å²) in [5.41, 5.74) is -0.268. The first-order valence-electron chi connectivity index (χ1n) is 8.03. The molecule has 0 spiro atoms. The number of ether oxygens (including phenoxy) is 2. The summed E-state index contributed by atoms with van der Waals surface area (Å²) in [6.07, 6.45) is 0. The van der Waals surface area contributed by atoms with Crippen molar-refractivity contribution in [2.45, 2.75) is 26.5 Å². The molecule has 140 valence electrons. The molecule has 0 unspecified atom stereocenters. The van der Waals surface area contributed by atoms with Crippen LogP contribution < -0.4 is 4.74 Å². The Labute approximate surface area is 169 Å². The zero-order chi connectivity index (χ0) is 19.8. The molecule has 1 amide bonds. The maximum atomic E-state index is 13.3. The molecule has 1 atom stereocenters. The average molecular weight is 482 g/mol. The summed E-state index contributed by atoms with van der Waals surface area (Å²) in [6.45, 7) is 4.32. The fourth-order valence-electron chi connectivity index (χ4n) is 2.77. The van der Waals surface area contributed by atoms with Crippen molar-refractivity contribution in [1.29, 1.82) is 0 Å². The first-order valence-corrected chi connectivity index (χ1v) is 9.11. The van der Waals surface area contributed by atoms with E-state index in [9.17, 15) is 14.0 Å². The Kier molecular flexibility index (Phi) is 5.18. The van der Waals surface area contributed by atoms with Gasteiger partial charge in [-0.15, -0.1) is 5.10 Å². The summed E-state index contributed by atoms with van der Waals surface area (Å²) < 4.78 is 25.5. The van der Waals surface area contributed by atoms with E-state index < -0.39 is 17.5 Å². The van der Waals surface area contributed by atoms with E-state index in [4.69, 9.17) is 9.47 Å². The van der Waals surface area contributed by atoms with Gasteiger partial charge in [0.05, 0.1) is 5.56 Å². The number of benzene rings is 2. The summed E-state index contributed by atoms with van der Waals surface area (Å²) in [5, 5.41) is 5.50. The van der Waals surface area contributed by atoms with Crippen molar-refractivity contribution in [1.82, 2.24) is 5.01 Å². The van der Waals surface area contributed by atoms with E-state index in [1.165, 1.54) is 43.1 Å². The molecule has 0 N–H and O–H groups in total. The first-order chi connectivity index (χ1) is 12.7. The Morgan fingerprint density at radius 3 is 2.44 bits per heavy atom. The summed E-state index contributed by atoms with van der Waals surface area (Å²) in [6, 6.07) is 10.8. The molecular formula is C19H16FIN2O4. The van der Waals surface area contributed by atoms with E-state index in [-0.39, 0.29) is 17.6 Å². The summed E-state index contributed by atoms with van der Waals surface area (Å²) in [5.74, 6) is -0.830. The molecule has 2 aromatic carbocycles. The number of carbonyl (C=O) groups excluding carboxylic acids is 2.